The molecule has 3 nitrogen and oxygen atoms in total. The van der Waals surface area contributed by atoms with Gasteiger partial charge in [-0.1, -0.05) is 6.92 Å². The van der Waals surface area contributed by atoms with Gasteiger partial charge in [0.1, 0.15) is 0 Å². The lowest BCUT2D eigenvalue weighted by Crippen LogP contribution is -2.54. The third-order valence-electron chi connectivity index (χ3n) is 4.95. The smallest absolute Gasteiger partial charge is 0.0224 e. The lowest BCUT2D eigenvalue weighted by molar-refractivity contribution is 0.0729. The zero-order valence-electron chi connectivity index (χ0n) is 11.9. The molecule has 1 saturated carbocycles. The normalized spacial score (nSPS) is 35.8. The molecule has 1 aliphatic carbocycles. The first-order chi connectivity index (χ1) is 8.85. The molecule has 0 spiro atoms. The van der Waals surface area contributed by atoms with Gasteiger partial charge in [0, 0.05) is 31.2 Å². The second kappa shape index (κ2) is 5.89. The Labute approximate surface area is 112 Å². The number of likely N-dealkylation sites (tertiary alicyclic amines) is 2. The molecule has 2 unspecified atom stereocenters. The molecule has 3 fully saturated rings. The lowest BCUT2D eigenvalue weighted by Gasteiger charge is -2.43. The quantitative estimate of drug-likeness (QED) is 0.820. The largest absolute Gasteiger partial charge is 0.310 e. The van der Waals surface area contributed by atoms with Crippen LogP contribution in [0.3, 0.4) is 0 Å². The Bertz CT molecular complexity index is 264. The van der Waals surface area contributed by atoms with Gasteiger partial charge in [0.15, 0.2) is 0 Å². The molecule has 0 amide bonds. The van der Waals surface area contributed by atoms with Crippen molar-refractivity contribution in [1.82, 2.24) is 15.1 Å². The summed E-state index contributed by atoms with van der Waals surface area (Å²) in [5.41, 5.74) is 0. The van der Waals surface area contributed by atoms with E-state index in [9.17, 15) is 0 Å². The minimum atomic E-state index is 0.781. The third-order valence-corrected chi connectivity index (χ3v) is 4.95. The molecule has 3 heteroatoms. The molecule has 0 aromatic rings. The molecule has 3 rings (SSSR count). The van der Waals surface area contributed by atoms with Crippen LogP contribution in [0.4, 0.5) is 0 Å². The van der Waals surface area contributed by atoms with E-state index in [2.05, 4.69) is 22.0 Å². The van der Waals surface area contributed by atoms with Crippen LogP contribution in [-0.2, 0) is 0 Å². The van der Waals surface area contributed by atoms with Crippen LogP contribution in [0.15, 0.2) is 0 Å². The molecular weight excluding hydrogens is 222 g/mol. The molecule has 1 N–H and O–H groups in total. The number of nitrogens with zero attached hydrogens (tertiary/aromatic N) is 2. The minimum absolute atomic E-state index is 0.781. The topological polar surface area (TPSA) is 18.5 Å². The van der Waals surface area contributed by atoms with Crippen molar-refractivity contribution in [1.29, 1.82) is 0 Å². The fourth-order valence-electron chi connectivity index (χ4n) is 3.67. The van der Waals surface area contributed by atoms with Gasteiger partial charge in [-0.25, -0.2) is 0 Å². The molecule has 18 heavy (non-hydrogen) atoms. The van der Waals surface area contributed by atoms with E-state index in [1.54, 1.807) is 0 Å². The summed E-state index contributed by atoms with van der Waals surface area (Å²) >= 11 is 0. The van der Waals surface area contributed by atoms with Crippen LogP contribution >= 0.6 is 0 Å². The number of hydrogen-bond acceptors (Lipinski definition) is 3. The molecule has 2 aliphatic heterocycles. The summed E-state index contributed by atoms with van der Waals surface area (Å²) in [4.78, 5) is 5.41. The van der Waals surface area contributed by atoms with E-state index in [-0.39, 0.29) is 0 Å². The van der Waals surface area contributed by atoms with Crippen molar-refractivity contribution in [3.8, 4) is 0 Å². The highest BCUT2D eigenvalue weighted by atomic mass is 15.2. The summed E-state index contributed by atoms with van der Waals surface area (Å²) in [5, 5.41) is 3.83. The zero-order chi connectivity index (χ0) is 12.4. The van der Waals surface area contributed by atoms with Crippen LogP contribution in [0.2, 0.25) is 0 Å². The van der Waals surface area contributed by atoms with E-state index < -0.39 is 0 Å². The van der Waals surface area contributed by atoms with Crippen molar-refractivity contribution < 1.29 is 0 Å². The first-order valence-electron chi connectivity index (χ1n) is 8.07. The van der Waals surface area contributed by atoms with Gasteiger partial charge in [-0.15, -0.1) is 0 Å². The maximum atomic E-state index is 3.83. The SMILES string of the molecule is CCN1CCCC(N2CCCC(NC3CC3)C2)C1. The van der Waals surface area contributed by atoms with Crippen LogP contribution in [0.5, 0.6) is 0 Å². The van der Waals surface area contributed by atoms with Crippen LogP contribution in [0.1, 0.15) is 45.4 Å². The van der Waals surface area contributed by atoms with Crippen LogP contribution in [0.25, 0.3) is 0 Å². The highest BCUT2D eigenvalue weighted by Gasteiger charge is 2.31. The standard InChI is InChI=1S/C15H29N3/c1-2-17-9-4-6-15(12-17)18-10-3-5-14(11-18)16-13-7-8-13/h13-16H,2-12H2,1H3. The molecule has 0 bridgehead atoms. The summed E-state index contributed by atoms with van der Waals surface area (Å²) in [6.07, 6.45) is 8.46. The van der Waals surface area contributed by atoms with Crippen molar-refractivity contribution in [3.63, 3.8) is 0 Å². The summed E-state index contributed by atoms with van der Waals surface area (Å²) < 4.78 is 0. The Balaban J connectivity index is 1.50. The Morgan fingerprint density at radius 2 is 1.78 bits per heavy atom. The zero-order valence-corrected chi connectivity index (χ0v) is 11.9. The molecule has 104 valence electrons. The first-order valence-corrected chi connectivity index (χ1v) is 8.07. The Kier molecular flexibility index (Phi) is 4.22. The Morgan fingerprint density at radius 1 is 0.944 bits per heavy atom. The van der Waals surface area contributed by atoms with Gasteiger partial charge < -0.3 is 10.2 Å². The Hall–Kier alpha value is -0.120. The molecule has 2 atom stereocenters. The number of piperidine rings is 2. The van der Waals surface area contributed by atoms with Gasteiger partial charge in [-0.3, -0.25) is 4.90 Å². The van der Waals surface area contributed by atoms with Gasteiger partial charge in [0.05, 0.1) is 0 Å². The molecular formula is C15H29N3. The Morgan fingerprint density at radius 3 is 2.56 bits per heavy atom. The summed E-state index contributed by atoms with van der Waals surface area (Å²) in [6.45, 7) is 8.81. The number of hydrogen-bond donors (Lipinski definition) is 1. The third kappa shape index (κ3) is 3.25. The molecule has 2 heterocycles. The van der Waals surface area contributed by atoms with Gasteiger partial charge >= 0.3 is 0 Å². The van der Waals surface area contributed by atoms with Gasteiger partial charge in [-0.05, 0) is 58.2 Å². The summed E-state index contributed by atoms with van der Waals surface area (Å²) in [5.74, 6) is 0. The molecule has 0 radical (unpaired) electrons. The van der Waals surface area contributed by atoms with E-state index in [0.717, 1.165) is 18.1 Å². The predicted octanol–water partition coefficient (Wildman–Crippen LogP) is 1.69. The average Bonchev–Trinajstić information content (AvgIpc) is 3.23. The molecule has 2 saturated heterocycles. The van der Waals surface area contributed by atoms with Gasteiger partial charge in [-0.2, -0.15) is 0 Å². The van der Waals surface area contributed by atoms with Gasteiger partial charge in [0.2, 0.25) is 0 Å². The van der Waals surface area contributed by atoms with E-state index in [0.29, 0.717) is 0 Å². The van der Waals surface area contributed by atoms with Crippen molar-refractivity contribution in [2.24, 2.45) is 0 Å². The van der Waals surface area contributed by atoms with Crippen molar-refractivity contribution in [2.75, 3.05) is 32.7 Å². The number of rotatable bonds is 4. The van der Waals surface area contributed by atoms with Crippen LogP contribution in [0, 0.1) is 0 Å². The monoisotopic (exact) mass is 251 g/mol. The highest BCUT2D eigenvalue weighted by Crippen LogP contribution is 2.24. The molecule has 0 aromatic heterocycles. The highest BCUT2D eigenvalue weighted by molar-refractivity contribution is 4.90. The van der Waals surface area contributed by atoms with E-state index in [1.165, 1.54) is 71.2 Å². The first kappa shape index (κ1) is 12.9. The lowest BCUT2D eigenvalue weighted by atomic mass is 9.98. The van der Waals surface area contributed by atoms with Crippen molar-refractivity contribution in [3.05, 3.63) is 0 Å². The summed E-state index contributed by atoms with van der Waals surface area (Å²) in [7, 11) is 0. The number of likely N-dealkylation sites (N-methyl/N-ethyl adjacent to an activating group) is 1. The second-order valence-electron chi connectivity index (χ2n) is 6.46. The second-order valence-corrected chi connectivity index (χ2v) is 6.46. The van der Waals surface area contributed by atoms with Crippen LogP contribution in [-0.4, -0.2) is 60.6 Å². The minimum Gasteiger partial charge on any atom is -0.310 e. The molecule has 0 aromatic carbocycles. The number of nitrogens with one attached hydrogen (secondary N) is 1. The van der Waals surface area contributed by atoms with Crippen LogP contribution < -0.4 is 5.32 Å². The maximum absolute atomic E-state index is 3.83. The fourth-order valence-corrected chi connectivity index (χ4v) is 3.67. The van der Waals surface area contributed by atoms with E-state index >= 15 is 0 Å². The van der Waals surface area contributed by atoms with Gasteiger partial charge in [0.25, 0.3) is 0 Å². The predicted molar refractivity (Wildman–Crippen MR) is 75.9 cm³/mol. The molecule has 3 aliphatic rings. The average molecular weight is 251 g/mol. The fraction of sp³-hybridized carbons (Fsp3) is 1.00. The van der Waals surface area contributed by atoms with E-state index in [4.69, 9.17) is 0 Å². The van der Waals surface area contributed by atoms with Crippen molar-refractivity contribution >= 4 is 0 Å². The van der Waals surface area contributed by atoms with Crippen molar-refractivity contribution in [2.45, 2.75) is 63.6 Å². The maximum Gasteiger partial charge on any atom is 0.0224 e. The summed E-state index contributed by atoms with van der Waals surface area (Å²) in [6, 6.07) is 2.49. The van der Waals surface area contributed by atoms with E-state index in [1.807, 2.05) is 0 Å².